The van der Waals surface area contributed by atoms with Crippen molar-refractivity contribution in [3.8, 4) is 0 Å². The minimum absolute atomic E-state index is 0.0446. The smallest absolute Gasteiger partial charge is 0.271 e. The Bertz CT molecular complexity index is 1140. The third-order valence-corrected chi connectivity index (χ3v) is 8.20. The van der Waals surface area contributed by atoms with Gasteiger partial charge in [0.2, 0.25) is 5.91 Å². The van der Waals surface area contributed by atoms with Crippen molar-refractivity contribution in [2.45, 2.75) is 36.6 Å². The molecule has 3 fully saturated rings. The first-order valence-electron chi connectivity index (χ1n) is 12.0. The number of rotatable bonds is 7. The van der Waals surface area contributed by atoms with E-state index in [0.29, 0.717) is 28.4 Å². The molecule has 2 aliphatic heterocycles. The zero-order chi connectivity index (χ0) is 24.6. The monoisotopic (exact) mass is 497 g/mol. The normalized spacial score (nSPS) is 22.1. The number of carbonyl (C=O) groups is 2. The van der Waals surface area contributed by atoms with E-state index in [1.807, 2.05) is 0 Å². The van der Waals surface area contributed by atoms with Gasteiger partial charge in [-0.1, -0.05) is 0 Å². The third-order valence-electron chi connectivity index (χ3n) is 7.26. The lowest BCUT2D eigenvalue weighted by Gasteiger charge is -2.54. The van der Waals surface area contributed by atoms with Crippen LogP contribution in [0, 0.1) is 11.3 Å². The summed E-state index contributed by atoms with van der Waals surface area (Å²) in [5, 5.41) is 9.67. The summed E-state index contributed by atoms with van der Waals surface area (Å²) in [6.45, 7) is 3.48. The highest BCUT2D eigenvalue weighted by molar-refractivity contribution is 7.84. The van der Waals surface area contributed by atoms with Gasteiger partial charge in [0.05, 0.1) is 6.20 Å². The maximum atomic E-state index is 12.7. The summed E-state index contributed by atoms with van der Waals surface area (Å²) >= 11 is 0. The molecule has 0 bridgehead atoms. The molecule has 2 saturated heterocycles. The average Bonchev–Trinajstić information content (AvgIpc) is 2.77. The van der Waals surface area contributed by atoms with Crippen molar-refractivity contribution in [3.63, 3.8) is 0 Å². The van der Waals surface area contributed by atoms with Crippen LogP contribution in [-0.2, 0) is 15.6 Å². The number of piperidine rings is 1. The molecule has 2 aromatic rings. The highest BCUT2D eigenvalue weighted by atomic mass is 32.2. The minimum Gasteiger partial charge on any atom is -0.364 e. The summed E-state index contributed by atoms with van der Waals surface area (Å²) < 4.78 is 11.6. The molecule has 1 aromatic carbocycles. The van der Waals surface area contributed by atoms with Crippen molar-refractivity contribution >= 4 is 39.9 Å². The zero-order valence-electron chi connectivity index (χ0n) is 19.8. The number of nitrogens with one attached hydrogen (secondary N) is 3. The molecule has 5 N–H and O–H groups in total. The van der Waals surface area contributed by atoms with Gasteiger partial charge in [-0.2, -0.15) is 0 Å². The van der Waals surface area contributed by atoms with E-state index in [9.17, 15) is 13.8 Å². The first kappa shape index (κ1) is 23.7. The lowest BCUT2D eigenvalue weighted by molar-refractivity contribution is -0.135. The van der Waals surface area contributed by atoms with E-state index in [-0.39, 0.29) is 29.4 Å². The molecular weight excluding hydrogens is 466 g/mol. The molecule has 2 atom stereocenters. The van der Waals surface area contributed by atoms with Gasteiger partial charge in [-0.05, 0) is 55.4 Å². The van der Waals surface area contributed by atoms with Crippen molar-refractivity contribution in [1.29, 1.82) is 0 Å². The molecule has 1 aliphatic carbocycles. The van der Waals surface area contributed by atoms with Gasteiger partial charge in [-0.25, -0.2) is 9.97 Å². The molecule has 0 radical (unpaired) electrons. The topological polar surface area (TPSA) is 142 Å². The largest absolute Gasteiger partial charge is 0.364 e. The maximum absolute atomic E-state index is 12.7. The average molecular weight is 498 g/mol. The third kappa shape index (κ3) is 5.01. The van der Waals surface area contributed by atoms with Crippen LogP contribution in [0.1, 0.15) is 36.2 Å². The molecule has 1 aromatic heterocycles. The summed E-state index contributed by atoms with van der Waals surface area (Å²) in [5.74, 6) is 0.477. The fraction of sp³-hybridized carbons (Fsp3) is 0.500. The molecule has 35 heavy (non-hydrogen) atoms. The fourth-order valence-electron chi connectivity index (χ4n) is 5.23. The van der Waals surface area contributed by atoms with Gasteiger partial charge in [-0.3, -0.25) is 13.8 Å². The summed E-state index contributed by atoms with van der Waals surface area (Å²) in [5.41, 5.74) is 6.62. The van der Waals surface area contributed by atoms with E-state index >= 15 is 0 Å². The van der Waals surface area contributed by atoms with Gasteiger partial charge >= 0.3 is 0 Å². The lowest BCUT2D eigenvalue weighted by Crippen LogP contribution is -2.63. The number of carbonyl (C=O) groups excluding carboxylic acids is 2. The fourth-order valence-corrected chi connectivity index (χ4v) is 5.75. The molecule has 3 aliphatic rings. The first-order valence-corrected chi connectivity index (χ1v) is 13.5. The number of anilines is 3. The van der Waals surface area contributed by atoms with Gasteiger partial charge in [0, 0.05) is 65.8 Å². The van der Waals surface area contributed by atoms with E-state index < -0.39 is 16.7 Å². The second-order valence-electron chi connectivity index (χ2n) is 9.90. The van der Waals surface area contributed by atoms with Crippen LogP contribution in [0.25, 0.3) is 0 Å². The zero-order valence-corrected chi connectivity index (χ0v) is 20.6. The van der Waals surface area contributed by atoms with Crippen LogP contribution >= 0.6 is 0 Å². The Hall–Kier alpha value is -3.05. The number of primary amides is 1. The molecule has 2 unspecified atom stereocenters. The number of benzene rings is 1. The first-order chi connectivity index (χ1) is 16.8. The Morgan fingerprint density at radius 2 is 1.97 bits per heavy atom. The molecule has 3 heterocycles. The molecule has 1 spiro atoms. The van der Waals surface area contributed by atoms with Gasteiger partial charge in [-0.15, -0.1) is 0 Å². The number of hydrogen-bond donors (Lipinski definition) is 4. The maximum Gasteiger partial charge on any atom is 0.271 e. The summed E-state index contributed by atoms with van der Waals surface area (Å²) in [7, 11) is -1.08. The van der Waals surface area contributed by atoms with Crippen LogP contribution in [0.4, 0.5) is 17.3 Å². The van der Waals surface area contributed by atoms with Crippen molar-refractivity contribution < 1.29 is 13.8 Å². The van der Waals surface area contributed by atoms with Crippen molar-refractivity contribution in [2.75, 3.05) is 42.7 Å². The second-order valence-corrected chi connectivity index (χ2v) is 11.3. The Morgan fingerprint density at radius 1 is 1.23 bits per heavy atom. The van der Waals surface area contributed by atoms with Crippen LogP contribution in [0.2, 0.25) is 0 Å². The van der Waals surface area contributed by atoms with E-state index in [2.05, 4.69) is 30.8 Å². The van der Waals surface area contributed by atoms with Gasteiger partial charge in [0.15, 0.2) is 11.5 Å². The second kappa shape index (κ2) is 9.54. The number of hydrogen-bond acceptors (Lipinski definition) is 8. The highest BCUT2D eigenvalue weighted by Gasteiger charge is 2.51. The van der Waals surface area contributed by atoms with Crippen molar-refractivity contribution in [2.24, 2.45) is 17.1 Å². The van der Waals surface area contributed by atoms with Gasteiger partial charge < -0.3 is 26.6 Å². The van der Waals surface area contributed by atoms with E-state index in [1.165, 1.54) is 0 Å². The molecule has 1 saturated carbocycles. The van der Waals surface area contributed by atoms with Crippen molar-refractivity contribution in [3.05, 3.63) is 36.2 Å². The Balaban J connectivity index is 1.26. The standard InChI is InChI=1S/C24H31N7O3S/c1-35(34)18-6-4-16(5-7-18)28-22-20(21(25)32)27-11-19(30-22)31-8-2-3-17(12-31)29-23(33)15-9-24(10-15)13-26-14-24/h4-7,11,15,17,26H,2-3,8-10,12-14H2,1H3,(H2,25,32)(H,28,30)(H,29,33). The molecule has 10 nitrogen and oxygen atoms in total. The lowest BCUT2D eigenvalue weighted by atomic mass is 9.58. The Labute approximate surface area is 206 Å². The number of aromatic nitrogens is 2. The summed E-state index contributed by atoms with van der Waals surface area (Å²) in [4.78, 5) is 36.4. The minimum atomic E-state index is -1.08. The highest BCUT2D eigenvalue weighted by Crippen LogP contribution is 2.48. The number of nitrogens with zero attached hydrogens (tertiary/aromatic N) is 3. The molecule has 186 valence electrons. The number of nitrogens with two attached hydrogens (primary N) is 1. The number of amides is 2. The predicted molar refractivity (Wildman–Crippen MR) is 134 cm³/mol. The summed E-state index contributed by atoms with van der Waals surface area (Å²) in [6.07, 6.45) is 6.97. The molecule has 2 amide bonds. The SMILES string of the molecule is CS(=O)c1ccc(Nc2nc(N3CCCC(NC(=O)C4CC5(CNC5)C4)C3)cnc2C(N)=O)cc1. The van der Waals surface area contributed by atoms with Crippen LogP contribution in [-0.4, -0.2) is 64.5 Å². The molecule has 5 rings (SSSR count). The van der Waals surface area contributed by atoms with Gasteiger partial charge in [0.25, 0.3) is 5.91 Å². The predicted octanol–water partition coefficient (Wildman–Crippen LogP) is 1.14. The molecule has 11 heteroatoms. The quantitative estimate of drug-likeness (QED) is 0.446. The van der Waals surface area contributed by atoms with Gasteiger partial charge in [0.1, 0.15) is 5.82 Å². The Morgan fingerprint density at radius 3 is 2.60 bits per heavy atom. The summed E-state index contributed by atoms with van der Waals surface area (Å²) in [6, 6.07) is 7.09. The Kier molecular flexibility index (Phi) is 6.45. The van der Waals surface area contributed by atoms with Crippen LogP contribution in [0.3, 0.4) is 0 Å². The van der Waals surface area contributed by atoms with E-state index in [0.717, 1.165) is 45.3 Å². The van der Waals surface area contributed by atoms with Crippen LogP contribution in [0.15, 0.2) is 35.4 Å². The van der Waals surface area contributed by atoms with Crippen LogP contribution in [0.5, 0.6) is 0 Å². The van der Waals surface area contributed by atoms with Crippen LogP contribution < -0.4 is 26.6 Å². The van der Waals surface area contributed by atoms with Crippen molar-refractivity contribution in [1.82, 2.24) is 20.6 Å². The van der Waals surface area contributed by atoms with E-state index in [1.54, 1.807) is 36.7 Å². The van der Waals surface area contributed by atoms with E-state index in [4.69, 9.17) is 5.73 Å². The molecular formula is C24H31N7O3S.